The van der Waals surface area contributed by atoms with Crippen LogP contribution in [-0.2, 0) is 27.1 Å². The third-order valence-electron chi connectivity index (χ3n) is 19.7. The zero-order chi connectivity index (χ0) is 56.5. The van der Waals surface area contributed by atoms with Crippen molar-refractivity contribution in [2.24, 2.45) is 0 Å². The third-order valence-corrected chi connectivity index (χ3v) is 19.7. The van der Waals surface area contributed by atoms with E-state index in [1.54, 1.807) is 0 Å². The van der Waals surface area contributed by atoms with Gasteiger partial charge in [0.15, 0.2) is 0 Å². The minimum atomic E-state index is -0.620. The first-order valence-electron chi connectivity index (χ1n) is 30.1. The van der Waals surface area contributed by atoms with Crippen molar-refractivity contribution in [3.63, 3.8) is 0 Å². The molecular formula is C77H76BN3. The molecule has 11 aromatic rings. The number of rotatable bonds is 5. The summed E-state index contributed by atoms with van der Waals surface area (Å²) in [5, 5.41) is 5.29. The average Bonchev–Trinajstić information content (AvgIpc) is 1.65. The van der Waals surface area contributed by atoms with Crippen molar-refractivity contribution in [1.82, 2.24) is 9.13 Å². The van der Waals surface area contributed by atoms with Gasteiger partial charge in [-0.05, 0) is 171 Å². The zero-order valence-corrected chi connectivity index (χ0v) is 50.6. The van der Waals surface area contributed by atoms with Crippen LogP contribution in [0.15, 0.2) is 158 Å². The Balaban J connectivity index is 1.13. The van der Waals surface area contributed by atoms with Crippen LogP contribution in [0.4, 0.5) is 17.1 Å². The summed E-state index contributed by atoms with van der Waals surface area (Å²) >= 11 is 0. The lowest BCUT2D eigenvalue weighted by molar-refractivity contribution is 0.583. The van der Waals surface area contributed by atoms with E-state index in [9.17, 15) is 0 Å². The fraction of sp³-hybridized carbons (Fsp3) is 0.299. The summed E-state index contributed by atoms with van der Waals surface area (Å²) < 4.78 is 5.49. The summed E-state index contributed by atoms with van der Waals surface area (Å²) in [4.78, 5) is 2.54. The summed E-state index contributed by atoms with van der Waals surface area (Å²) in [7, 11) is 0. The van der Waals surface area contributed by atoms with E-state index in [2.05, 4.69) is 283 Å². The van der Waals surface area contributed by atoms with Crippen LogP contribution in [-0.4, -0.2) is 15.8 Å². The number of hydrogen-bond acceptors (Lipinski definition) is 1. The molecule has 0 fully saturated rings. The van der Waals surface area contributed by atoms with Crippen molar-refractivity contribution >= 4 is 83.8 Å². The van der Waals surface area contributed by atoms with Gasteiger partial charge in [0, 0.05) is 49.8 Å². The molecule has 9 aromatic carbocycles. The second-order valence-electron chi connectivity index (χ2n) is 29.4. The van der Waals surface area contributed by atoms with Crippen molar-refractivity contribution in [2.45, 2.75) is 150 Å². The lowest BCUT2D eigenvalue weighted by atomic mass is 9.33. The van der Waals surface area contributed by atoms with Gasteiger partial charge in [-0.3, -0.25) is 0 Å². The Labute approximate surface area is 480 Å². The minimum absolute atomic E-state index is 0.0446. The molecule has 0 amide bonds. The van der Waals surface area contributed by atoms with Crippen LogP contribution < -0.4 is 21.3 Å². The Kier molecular flexibility index (Phi) is 10.2. The zero-order valence-electron chi connectivity index (χ0n) is 50.6. The van der Waals surface area contributed by atoms with E-state index in [0.29, 0.717) is 11.8 Å². The highest BCUT2D eigenvalue weighted by Crippen LogP contribution is 2.63. The fourth-order valence-corrected chi connectivity index (χ4v) is 15.2. The monoisotopic (exact) mass is 1050 g/mol. The van der Waals surface area contributed by atoms with E-state index in [-0.39, 0.29) is 28.4 Å². The van der Waals surface area contributed by atoms with Crippen LogP contribution in [0.5, 0.6) is 0 Å². The second-order valence-corrected chi connectivity index (χ2v) is 29.4. The van der Waals surface area contributed by atoms with Gasteiger partial charge in [-0.1, -0.05) is 214 Å². The number of anilines is 3. The Hall–Kier alpha value is -7.56. The molecule has 0 radical (unpaired) electrons. The standard InChI is InChI=1S/C77H76BN3/c1-43(2)45-21-27-51(28-22-45)79(52-29-23-46(24-30-52)44(3)4)65-36-34-62-72-67(65)55-19-17-18-20-64(55)80(72)66-35-33-58-71-68(66)78(62)63-42-50(76(14,15)16)38-57-56-37-49(75(11,12)13)41-61(69(56)81(71)70(57)63)77(58)59-39-47(73(5,6)7)25-31-53(59)54-32-26-48(40-60(54)77)74(8,9)10/h17-44H,1-16H3. The summed E-state index contributed by atoms with van der Waals surface area (Å²) in [6, 6.07) is 63.7. The highest BCUT2D eigenvalue weighted by atomic mass is 15.1. The van der Waals surface area contributed by atoms with E-state index in [1.165, 1.54) is 144 Å². The van der Waals surface area contributed by atoms with Crippen molar-refractivity contribution in [2.75, 3.05) is 4.90 Å². The number of nitrogens with zero attached hydrogens (tertiary/aromatic N) is 3. The van der Waals surface area contributed by atoms with E-state index in [1.807, 2.05) is 0 Å². The maximum absolute atomic E-state index is 2.80. The lowest BCUT2D eigenvalue weighted by Crippen LogP contribution is -2.60. The molecule has 0 saturated carbocycles. The Morgan fingerprint density at radius 1 is 0.420 bits per heavy atom. The number of aromatic nitrogens is 2. The van der Waals surface area contributed by atoms with Gasteiger partial charge in [0.05, 0.1) is 27.7 Å². The van der Waals surface area contributed by atoms with E-state index in [4.69, 9.17) is 0 Å². The molecule has 5 heterocycles. The number of para-hydroxylation sites is 1. The van der Waals surface area contributed by atoms with Crippen molar-refractivity contribution in [3.8, 4) is 22.5 Å². The van der Waals surface area contributed by atoms with Gasteiger partial charge in [0.2, 0.25) is 0 Å². The van der Waals surface area contributed by atoms with Gasteiger partial charge in [0.1, 0.15) is 0 Å². The van der Waals surface area contributed by atoms with Crippen LogP contribution in [0.2, 0.25) is 0 Å². The topological polar surface area (TPSA) is 13.1 Å². The fourth-order valence-electron chi connectivity index (χ4n) is 15.2. The molecule has 2 aromatic heterocycles. The molecule has 1 spiro atoms. The Morgan fingerprint density at radius 3 is 1.48 bits per heavy atom. The van der Waals surface area contributed by atoms with Gasteiger partial charge in [-0.25, -0.2) is 0 Å². The molecule has 0 atom stereocenters. The maximum atomic E-state index is 2.80. The molecule has 402 valence electrons. The first-order valence-corrected chi connectivity index (χ1v) is 30.1. The van der Waals surface area contributed by atoms with E-state index >= 15 is 0 Å². The lowest BCUT2D eigenvalue weighted by Gasteiger charge is -2.45. The normalized spacial score (nSPS) is 14.7. The molecule has 1 aliphatic carbocycles. The molecule has 81 heavy (non-hydrogen) atoms. The predicted molar refractivity (Wildman–Crippen MR) is 348 cm³/mol. The van der Waals surface area contributed by atoms with Crippen LogP contribution >= 0.6 is 0 Å². The van der Waals surface area contributed by atoms with Crippen LogP contribution in [0.25, 0.3) is 66.1 Å². The summed E-state index contributed by atoms with van der Waals surface area (Å²) in [5.41, 5.74) is 31.1. The van der Waals surface area contributed by atoms with Crippen molar-refractivity contribution < 1.29 is 0 Å². The largest absolute Gasteiger partial charge is 0.310 e. The van der Waals surface area contributed by atoms with Gasteiger partial charge in [0.25, 0.3) is 6.71 Å². The quantitative estimate of drug-likeness (QED) is 0.157. The summed E-state index contributed by atoms with van der Waals surface area (Å²) in [6.45, 7) is 37.9. The summed E-state index contributed by atoms with van der Waals surface area (Å²) in [6.07, 6.45) is 0. The smallest absolute Gasteiger partial charge is 0.252 e. The molecule has 0 unspecified atom stereocenters. The molecule has 0 saturated heterocycles. The van der Waals surface area contributed by atoms with Gasteiger partial charge in [-0.15, -0.1) is 0 Å². The average molecular weight is 1050 g/mol. The Morgan fingerprint density at radius 2 is 0.938 bits per heavy atom. The predicted octanol–water partition coefficient (Wildman–Crippen LogP) is 18.6. The van der Waals surface area contributed by atoms with Crippen LogP contribution in [0.3, 0.4) is 0 Å². The van der Waals surface area contributed by atoms with Gasteiger partial charge < -0.3 is 14.0 Å². The highest BCUT2D eigenvalue weighted by Gasteiger charge is 2.55. The molecular weight excluding hydrogens is 978 g/mol. The van der Waals surface area contributed by atoms with E-state index < -0.39 is 5.41 Å². The molecule has 4 heteroatoms. The van der Waals surface area contributed by atoms with Crippen molar-refractivity contribution in [1.29, 1.82) is 0 Å². The highest BCUT2D eigenvalue weighted by molar-refractivity contribution is 7.00. The maximum Gasteiger partial charge on any atom is 0.252 e. The first kappa shape index (κ1) is 50.4. The minimum Gasteiger partial charge on any atom is -0.310 e. The van der Waals surface area contributed by atoms with Gasteiger partial charge in [-0.2, -0.15) is 0 Å². The number of benzene rings is 9. The van der Waals surface area contributed by atoms with Crippen LogP contribution in [0, 0.1) is 0 Å². The first-order chi connectivity index (χ1) is 38.4. The molecule has 3 nitrogen and oxygen atoms in total. The number of hydrogen-bond donors (Lipinski definition) is 0. The molecule has 3 aliphatic heterocycles. The Bertz CT molecular complexity index is 4430. The number of fused-ring (bicyclic) bond motifs is 14. The SMILES string of the molecule is CC(C)c1ccc(N(c2ccc(C(C)C)cc2)c2ccc3c4c2c2ccccc2n4-c2ccc4c5c2B3c2cc(C(C)(C)C)cc3c6cc(C(C)(C)C)cc(c6n-5c23)C42c3cc(C(C)(C)C)ccc3-c3ccc(C(C)(C)C)cc32)cc1. The third kappa shape index (κ3) is 6.71. The molecule has 0 bridgehead atoms. The van der Waals surface area contributed by atoms with Crippen molar-refractivity contribution in [3.05, 3.63) is 213 Å². The van der Waals surface area contributed by atoms with E-state index in [0.717, 1.165) is 11.4 Å². The molecule has 0 N–H and O–H groups in total. The van der Waals surface area contributed by atoms with Gasteiger partial charge >= 0.3 is 0 Å². The summed E-state index contributed by atoms with van der Waals surface area (Å²) in [5.74, 6) is 0.870. The second kappa shape index (κ2) is 16.3. The van der Waals surface area contributed by atoms with Crippen LogP contribution in [0.1, 0.15) is 178 Å². The molecule has 15 rings (SSSR count). The molecule has 4 aliphatic rings.